The molecule has 10 nitrogen and oxygen atoms in total. The number of nitrogens with one attached hydrogen (secondary N) is 1. The number of rotatable bonds is 3. The van der Waals surface area contributed by atoms with Crippen LogP contribution in [0.15, 0.2) is 35.7 Å². The highest BCUT2D eigenvalue weighted by atomic mass is 32.2. The van der Waals surface area contributed by atoms with E-state index in [-0.39, 0.29) is 17.5 Å². The van der Waals surface area contributed by atoms with Crippen LogP contribution in [0.25, 0.3) is 10.9 Å². The van der Waals surface area contributed by atoms with Crippen molar-refractivity contribution in [3.05, 3.63) is 47.8 Å². The molecule has 0 spiro atoms. The highest BCUT2D eigenvalue weighted by molar-refractivity contribution is 7.92. The Morgan fingerprint density at radius 3 is 2.51 bits per heavy atom. The Balaban J connectivity index is 0.000000622. The molecule has 3 N–H and O–H groups in total. The largest absolute Gasteiger partial charge is 0.386 e. The molecule has 0 saturated heterocycles. The van der Waals surface area contributed by atoms with Crippen molar-refractivity contribution >= 4 is 38.3 Å². The zero-order chi connectivity index (χ0) is 25.6. The lowest BCUT2D eigenvalue weighted by atomic mass is 10.2. The number of nitrogens with zero attached hydrogens (tertiary/aromatic N) is 6. The summed E-state index contributed by atoms with van der Waals surface area (Å²) in [7, 11) is -3.58. The minimum Gasteiger partial charge on any atom is -0.386 e. The van der Waals surface area contributed by atoms with Crippen molar-refractivity contribution in [3.63, 3.8) is 0 Å². The normalized spacial score (nSPS) is 19.7. The average molecular weight is 499 g/mol. The topological polar surface area (TPSA) is 160 Å². The highest BCUT2D eigenvalue weighted by Crippen LogP contribution is 2.28. The Kier molecular flexibility index (Phi) is 8.24. The van der Waals surface area contributed by atoms with Crippen molar-refractivity contribution in [2.24, 2.45) is 10.7 Å². The Labute approximate surface area is 203 Å². The second-order valence-corrected chi connectivity index (χ2v) is 10.1. The third-order valence-electron chi connectivity index (χ3n) is 5.05. The van der Waals surface area contributed by atoms with Gasteiger partial charge in [0.05, 0.1) is 17.5 Å². The molecule has 0 radical (unpaired) electrons. The Morgan fingerprint density at radius 1 is 1.17 bits per heavy atom. The number of anilines is 2. The fourth-order valence-corrected chi connectivity index (χ4v) is 4.39. The monoisotopic (exact) mass is 498 g/mol. The zero-order valence-electron chi connectivity index (χ0n) is 19.7. The van der Waals surface area contributed by atoms with Crippen LogP contribution in [0.4, 0.5) is 16.2 Å². The van der Waals surface area contributed by atoms with Gasteiger partial charge in [-0.05, 0) is 19.1 Å². The quantitative estimate of drug-likeness (QED) is 0.550. The van der Waals surface area contributed by atoms with Gasteiger partial charge in [-0.2, -0.15) is 5.26 Å². The van der Waals surface area contributed by atoms with Crippen LogP contribution in [-0.4, -0.2) is 45.2 Å². The third-order valence-corrected chi connectivity index (χ3v) is 7.15. The number of amidine groups is 1. The van der Waals surface area contributed by atoms with Crippen molar-refractivity contribution in [2.45, 2.75) is 51.3 Å². The maximum Gasteiger partial charge on any atom is 0.228 e. The third kappa shape index (κ3) is 6.24. The molecule has 4 heterocycles. The molecular formula is C23H27FN8O2S. The molecule has 1 saturated carbocycles. The summed E-state index contributed by atoms with van der Waals surface area (Å²) in [6.07, 6.45) is 8.34. The summed E-state index contributed by atoms with van der Waals surface area (Å²) >= 11 is 0. The van der Waals surface area contributed by atoms with E-state index in [4.69, 9.17) is 11.0 Å². The number of fused-ring (bicyclic) bond motifs is 1. The molecule has 1 aliphatic heterocycles. The van der Waals surface area contributed by atoms with Gasteiger partial charge in [0.1, 0.15) is 34.4 Å². The van der Waals surface area contributed by atoms with Crippen LogP contribution < -0.4 is 11.1 Å². The summed E-state index contributed by atoms with van der Waals surface area (Å²) in [6, 6.07) is 4.27. The van der Waals surface area contributed by atoms with Crippen molar-refractivity contribution in [2.75, 3.05) is 11.1 Å². The number of halogens is 1. The van der Waals surface area contributed by atoms with Gasteiger partial charge in [-0.15, -0.1) is 0 Å². The SMILES string of the molecule is C1CC1.CC.CC1C(N)=NC(c2nc(Nc3nccc4cc(C#N)cnc34)ncc2F)CS1(=O)=O. The van der Waals surface area contributed by atoms with E-state index in [9.17, 15) is 12.8 Å². The molecule has 12 heteroatoms. The lowest BCUT2D eigenvalue weighted by Gasteiger charge is -2.23. The summed E-state index contributed by atoms with van der Waals surface area (Å²) < 4.78 is 38.9. The van der Waals surface area contributed by atoms with Crippen LogP contribution in [0.2, 0.25) is 0 Å². The summed E-state index contributed by atoms with van der Waals surface area (Å²) in [6.45, 7) is 5.44. The van der Waals surface area contributed by atoms with Crippen LogP contribution >= 0.6 is 0 Å². The van der Waals surface area contributed by atoms with Gasteiger partial charge in [0, 0.05) is 17.8 Å². The van der Waals surface area contributed by atoms with Crippen molar-refractivity contribution in [1.82, 2.24) is 19.9 Å². The van der Waals surface area contributed by atoms with Crippen molar-refractivity contribution < 1.29 is 12.8 Å². The number of aromatic nitrogens is 4. The predicted octanol–water partition coefficient (Wildman–Crippen LogP) is 3.59. The molecule has 3 aromatic rings. The van der Waals surface area contributed by atoms with E-state index >= 15 is 0 Å². The second kappa shape index (κ2) is 11.1. The molecule has 0 bridgehead atoms. The first-order chi connectivity index (χ1) is 16.8. The molecule has 184 valence electrons. The first-order valence-corrected chi connectivity index (χ1v) is 13.0. The lowest BCUT2D eigenvalue weighted by Crippen LogP contribution is -2.41. The van der Waals surface area contributed by atoms with Crippen LogP contribution in [-0.2, 0) is 9.84 Å². The van der Waals surface area contributed by atoms with Gasteiger partial charge in [-0.1, -0.05) is 33.1 Å². The van der Waals surface area contributed by atoms with Gasteiger partial charge in [0.15, 0.2) is 21.5 Å². The van der Waals surface area contributed by atoms with E-state index in [1.165, 1.54) is 38.6 Å². The Morgan fingerprint density at radius 2 is 1.89 bits per heavy atom. The number of hydrogen-bond acceptors (Lipinski definition) is 10. The van der Waals surface area contributed by atoms with Crippen LogP contribution in [0.3, 0.4) is 0 Å². The zero-order valence-corrected chi connectivity index (χ0v) is 20.5. The fraction of sp³-hybridized carbons (Fsp3) is 0.391. The predicted molar refractivity (Wildman–Crippen MR) is 132 cm³/mol. The molecule has 0 amide bonds. The summed E-state index contributed by atoms with van der Waals surface area (Å²) in [5.41, 5.74) is 6.39. The van der Waals surface area contributed by atoms with Gasteiger partial charge in [0.2, 0.25) is 5.95 Å². The lowest BCUT2D eigenvalue weighted by molar-refractivity contribution is 0.555. The van der Waals surface area contributed by atoms with E-state index in [1.54, 1.807) is 12.1 Å². The van der Waals surface area contributed by atoms with Crippen LogP contribution in [0.1, 0.15) is 57.3 Å². The van der Waals surface area contributed by atoms with Crippen LogP contribution in [0.5, 0.6) is 0 Å². The standard InChI is InChI=1S/C18H15FN8O2S.C3H6.C2H6/c1-9-16(21)25-13(8-30(9,28)29)15-12(19)7-24-18(26-15)27-17-14-11(2-3-22-17)4-10(5-20)6-23-14;1-2-3-1;1-2/h2-4,6-7,9,13H,8H2,1H3,(H2,21,25)(H,22,24,26,27);1-3H2;1-2H3. The molecule has 1 aliphatic carbocycles. The maximum atomic E-state index is 14.4. The second-order valence-electron chi connectivity index (χ2n) is 7.72. The Hall–Kier alpha value is -3.72. The summed E-state index contributed by atoms with van der Waals surface area (Å²) in [4.78, 5) is 20.5. The van der Waals surface area contributed by atoms with Gasteiger partial charge in [-0.25, -0.2) is 27.8 Å². The van der Waals surface area contributed by atoms with Gasteiger partial charge < -0.3 is 11.1 Å². The number of pyridine rings is 2. The maximum absolute atomic E-state index is 14.4. The first kappa shape index (κ1) is 25.9. The number of aliphatic imine (C=N–C) groups is 1. The van der Waals surface area contributed by atoms with E-state index in [2.05, 4.69) is 30.2 Å². The van der Waals surface area contributed by atoms with E-state index in [1.807, 2.05) is 19.9 Å². The Bertz CT molecular complexity index is 1380. The van der Waals surface area contributed by atoms with E-state index < -0.39 is 32.7 Å². The molecule has 3 aromatic heterocycles. The number of hydrogen-bond donors (Lipinski definition) is 2. The molecule has 2 atom stereocenters. The summed E-state index contributed by atoms with van der Waals surface area (Å²) in [5, 5.41) is 11.6. The minimum absolute atomic E-state index is 0.0117. The van der Waals surface area contributed by atoms with Gasteiger partial charge in [0.25, 0.3) is 0 Å². The molecule has 2 aliphatic rings. The highest BCUT2D eigenvalue weighted by Gasteiger charge is 2.35. The first-order valence-electron chi connectivity index (χ1n) is 11.3. The van der Waals surface area contributed by atoms with Crippen molar-refractivity contribution in [1.29, 1.82) is 5.26 Å². The number of nitrogens with two attached hydrogens (primary N) is 1. The van der Waals surface area contributed by atoms with E-state index in [0.717, 1.165) is 6.20 Å². The molecule has 0 aromatic carbocycles. The van der Waals surface area contributed by atoms with E-state index in [0.29, 0.717) is 22.3 Å². The smallest absolute Gasteiger partial charge is 0.228 e. The van der Waals surface area contributed by atoms with Gasteiger partial charge >= 0.3 is 0 Å². The van der Waals surface area contributed by atoms with Gasteiger partial charge in [-0.3, -0.25) is 9.98 Å². The molecule has 35 heavy (non-hydrogen) atoms. The summed E-state index contributed by atoms with van der Waals surface area (Å²) in [5.74, 6) is -1.01. The van der Waals surface area contributed by atoms with Crippen LogP contribution in [0, 0.1) is 17.1 Å². The molecule has 1 fully saturated rings. The van der Waals surface area contributed by atoms with Crippen molar-refractivity contribution in [3.8, 4) is 6.07 Å². The molecular weight excluding hydrogens is 471 g/mol. The molecule has 5 rings (SSSR count). The molecule has 2 unspecified atom stereocenters. The number of sulfone groups is 1. The minimum atomic E-state index is -3.58. The average Bonchev–Trinajstić information content (AvgIpc) is 3.74. The fourth-order valence-electron chi connectivity index (χ4n) is 3.00. The number of nitriles is 1.